The van der Waals surface area contributed by atoms with E-state index in [-0.39, 0.29) is 11.3 Å². The zero-order valence-corrected chi connectivity index (χ0v) is 14.3. The van der Waals surface area contributed by atoms with E-state index < -0.39 is 32.8 Å². The molecule has 1 unspecified atom stereocenters. The Morgan fingerprint density at radius 1 is 1.28 bits per heavy atom. The van der Waals surface area contributed by atoms with Gasteiger partial charge < -0.3 is 5.11 Å². The molecule has 5 nitrogen and oxygen atoms in total. The predicted molar refractivity (Wildman–Crippen MR) is 90.0 cm³/mol. The normalized spacial score (nSPS) is 13.4. The highest BCUT2D eigenvalue weighted by molar-refractivity contribution is 7.93. The summed E-state index contributed by atoms with van der Waals surface area (Å²) in [6.45, 7) is 1.50. The number of hydrogen-bond acceptors (Lipinski definition) is 4. The molecule has 0 aliphatic heterocycles. The van der Waals surface area contributed by atoms with Crippen molar-refractivity contribution in [3.05, 3.63) is 60.2 Å². The lowest BCUT2D eigenvalue weighted by molar-refractivity contribution is -0.140. The van der Waals surface area contributed by atoms with Crippen LogP contribution < -0.4 is 0 Å². The van der Waals surface area contributed by atoms with E-state index in [1.807, 2.05) is 0 Å². The minimum Gasteiger partial charge on any atom is -0.480 e. The van der Waals surface area contributed by atoms with E-state index in [1.165, 1.54) is 19.3 Å². The molecule has 0 saturated carbocycles. The third-order valence-electron chi connectivity index (χ3n) is 3.79. The fourth-order valence-electron chi connectivity index (χ4n) is 2.42. The Balaban J connectivity index is 2.64. The second-order valence-electron chi connectivity index (χ2n) is 5.40. The van der Waals surface area contributed by atoms with Crippen LogP contribution in [0.2, 0.25) is 0 Å². The number of benzene rings is 1. The van der Waals surface area contributed by atoms with Gasteiger partial charge in [-0.25, -0.2) is 12.8 Å². The van der Waals surface area contributed by atoms with E-state index in [0.29, 0.717) is 5.56 Å². The highest BCUT2D eigenvalue weighted by atomic mass is 32.2. The van der Waals surface area contributed by atoms with Crippen molar-refractivity contribution in [1.29, 1.82) is 0 Å². The summed E-state index contributed by atoms with van der Waals surface area (Å²) < 4.78 is 37.2. The molecule has 1 heterocycles. The molecular weight excluding hydrogens is 345 g/mol. The van der Waals surface area contributed by atoms with Gasteiger partial charge >= 0.3 is 5.97 Å². The first kappa shape index (κ1) is 18.6. The molecule has 1 aromatic carbocycles. The summed E-state index contributed by atoms with van der Waals surface area (Å²) in [4.78, 5) is 15.7. The highest BCUT2D eigenvalue weighted by Gasteiger charge is 2.51. The molecule has 1 aromatic heterocycles. The largest absolute Gasteiger partial charge is 0.480 e. The van der Waals surface area contributed by atoms with Crippen molar-refractivity contribution in [2.24, 2.45) is 0 Å². The Labute approximate surface area is 145 Å². The monoisotopic (exact) mass is 361 g/mol. The summed E-state index contributed by atoms with van der Waals surface area (Å²) in [6, 6.07) is 7.28. The van der Waals surface area contributed by atoms with Gasteiger partial charge in [0.15, 0.2) is 14.6 Å². The average Bonchev–Trinajstić information content (AvgIpc) is 2.59. The number of halogens is 1. The zero-order valence-electron chi connectivity index (χ0n) is 13.4. The molecule has 0 radical (unpaired) electrons. The molecule has 0 fully saturated rings. The Hall–Kier alpha value is -2.72. The van der Waals surface area contributed by atoms with Crippen LogP contribution in [0.3, 0.4) is 0 Å². The van der Waals surface area contributed by atoms with Crippen molar-refractivity contribution < 1.29 is 22.7 Å². The van der Waals surface area contributed by atoms with Crippen LogP contribution in [0.5, 0.6) is 0 Å². The van der Waals surface area contributed by atoms with E-state index in [9.17, 15) is 22.7 Å². The number of hydrogen-bond donors (Lipinski definition) is 1. The van der Waals surface area contributed by atoms with Crippen molar-refractivity contribution in [1.82, 2.24) is 4.98 Å². The van der Waals surface area contributed by atoms with Crippen molar-refractivity contribution in [2.75, 3.05) is 0 Å². The van der Waals surface area contributed by atoms with Crippen LogP contribution in [0.4, 0.5) is 4.39 Å². The van der Waals surface area contributed by atoms with Gasteiger partial charge in [0.05, 0.1) is 4.90 Å². The third-order valence-corrected chi connectivity index (χ3v) is 6.18. The van der Waals surface area contributed by atoms with Crippen LogP contribution in [-0.2, 0) is 21.1 Å². The molecule has 1 atom stereocenters. The van der Waals surface area contributed by atoms with Crippen molar-refractivity contribution in [3.8, 4) is 11.8 Å². The molecule has 7 heteroatoms. The zero-order chi connectivity index (χ0) is 18.5. The van der Waals surface area contributed by atoms with Gasteiger partial charge in [-0.05, 0) is 42.8 Å². The number of carboxylic acids is 1. The Morgan fingerprint density at radius 3 is 2.48 bits per heavy atom. The summed E-state index contributed by atoms with van der Waals surface area (Å²) in [5.74, 6) is 3.00. The molecule has 2 rings (SSSR count). The number of sulfone groups is 1. The molecule has 1 N–H and O–H groups in total. The number of carbonyl (C=O) groups is 1. The quantitative estimate of drug-likeness (QED) is 0.631. The molecule has 0 amide bonds. The summed E-state index contributed by atoms with van der Waals surface area (Å²) in [6.07, 6.45) is 2.22. The van der Waals surface area contributed by atoms with Crippen LogP contribution in [0.1, 0.15) is 18.9 Å². The topological polar surface area (TPSA) is 84.3 Å². The second-order valence-corrected chi connectivity index (χ2v) is 7.66. The van der Waals surface area contributed by atoms with Gasteiger partial charge in [0.2, 0.25) is 0 Å². The maximum Gasteiger partial charge on any atom is 0.326 e. The van der Waals surface area contributed by atoms with Crippen LogP contribution in [0.25, 0.3) is 0 Å². The summed E-state index contributed by atoms with van der Waals surface area (Å²) in [5, 5.41) is 9.82. The maximum absolute atomic E-state index is 13.1. The lowest BCUT2D eigenvalue weighted by Crippen LogP contribution is -2.48. The van der Waals surface area contributed by atoms with Crippen LogP contribution in [-0.4, -0.2) is 29.2 Å². The first-order valence-corrected chi connectivity index (χ1v) is 8.84. The first-order chi connectivity index (χ1) is 11.8. The van der Waals surface area contributed by atoms with Gasteiger partial charge in [0.25, 0.3) is 0 Å². The molecule has 0 aliphatic rings. The van der Waals surface area contributed by atoms with Crippen LogP contribution in [0.15, 0.2) is 53.7 Å². The number of nitrogens with zero attached hydrogens (tertiary/aromatic N) is 1. The lowest BCUT2D eigenvalue weighted by Gasteiger charge is -2.27. The smallest absolute Gasteiger partial charge is 0.326 e. The summed E-state index contributed by atoms with van der Waals surface area (Å²) in [5.41, 5.74) is 0.452. The van der Waals surface area contributed by atoms with Gasteiger partial charge in [-0.1, -0.05) is 6.07 Å². The third kappa shape index (κ3) is 3.69. The van der Waals surface area contributed by atoms with Gasteiger partial charge in [0, 0.05) is 25.2 Å². The molecule has 0 aliphatic carbocycles. The van der Waals surface area contributed by atoms with E-state index in [2.05, 4.69) is 16.8 Å². The molecule has 0 saturated heterocycles. The second kappa shape index (κ2) is 7.45. The van der Waals surface area contributed by atoms with Crippen molar-refractivity contribution in [2.45, 2.75) is 29.4 Å². The van der Waals surface area contributed by atoms with Gasteiger partial charge in [-0.15, -0.1) is 11.8 Å². The predicted octanol–water partition coefficient (Wildman–Crippen LogP) is 2.47. The Kier molecular flexibility index (Phi) is 5.55. The minimum absolute atomic E-state index is 0.266. The van der Waals surface area contributed by atoms with E-state index >= 15 is 0 Å². The maximum atomic E-state index is 13.1. The Bertz CT molecular complexity index is 915. The molecule has 0 spiro atoms. The standard InChI is InChI=1S/C18H16FNO4S/c1-2-3-10-18(17(21)22,12-14-5-4-11-20-13-14)25(23,24)16-8-6-15(19)7-9-16/h4-9,11,13H,10,12H2,1H3,(H,21,22). The average molecular weight is 361 g/mol. The summed E-state index contributed by atoms with van der Waals surface area (Å²) >= 11 is 0. The number of carboxylic acid groups (broad SMARTS) is 1. The molecule has 130 valence electrons. The Morgan fingerprint density at radius 2 is 1.96 bits per heavy atom. The SMILES string of the molecule is CC#CCC(Cc1cccnc1)(C(=O)O)S(=O)(=O)c1ccc(F)cc1. The van der Waals surface area contributed by atoms with Gasteiger partial charge in [-0.2, -0.15) is 0 Å². The first-order valence-electron chi connectivity index (χ1n) is 7.35. The van der Waals surface area contributed by atoms with E-state index in [1.54, 1.807) is 12.1 Å². The fraction of sp³-hybridized carbons (Fsp3) is 0.222. The van der Waals surface area contributed by atoms with Gasteiger partial charge in [0.1, 0.15) is 5.82 Å². The number of aliphatic carboxylic acids is 1. The number of rotatable bonds is 6. The van der Waals surface area contributed by atoms with E-state index in [0.717, 1.165) is 24.3 Å². The van der Waals surface area contributed by atoms with Crippen LogP contribution >= 0.6 is 0 Å². The summed E-state index contributed by atoms with van der Waals surface area (Å²) in [7, 11) is -4.35. The minimum atomic E-state index is -4.35. The molecule has 25 heavy (non-hydrogen) atoms. The van der Waals surface area contributed by atoms with Crippen molar-refractivity contribution >= 4 is 15.8 Å². The van der Waals surface area contributed by atoms with Crippen molar-refractivity contribution in [3.63, 3.8) is 0 Å². The molecule has 2 aromatic rings. The number of aromatic nitrogens is 1. The highest BCUT2D eigenvalue weighted by Crippen LogP contribution is 2.33. The number of pyridine rings is 1. The molecular formula is C18H16FNO4S. The van der Waals surface area contributed by atoms with E-state index in [4.69, 9.17) is 0 Å². The lowest BCUT2D eigenvalue weighted by atomic mass is 9.96. The molecule has 0 bridgehead atoms. The van der Waals surface area contributed by atoms with Crippen LogP contribution in [0, 0.1) is 17.7 Å². The van der Waals surface area contributed by atoms with Gasteiger partial charge in [-0.3, -0.25) is 9.78 Å². The fourth-order valence-corrected chi connectivity index (χ4v) is 4.22.